The van der Waals surface area contributed by atoms with Gasteiger partial charge in [0, 0.05) is 19.5 Å². The number of amides is 5. The van der Waals surface area contributed by atoms with E-state index in [4.69, 9.17) is 23.4 Å². The summed E-state index contributed by atoms with van der Waals surface area (Å²) in [5.74, 6) is -6.71. The second-order valence-corrected chi connectivity index (χ2v) is 29.3. The van der Waals surface area contributed by atoms with Crippen LogP contribution < -0.4 is 20.7 Å². The Labute approximate surface area is 447 Å². The highest BCUT2D eigenvalue weighted by atomic mass is 28.4. The minimum atomic E-state index is -2.88. The number of cyclic esters (lactones) is 2. The topological polar surface area (TPSA) is 225 Å². The first-order valence-electron chi connectivity index (χ1n) is 27.4. The molecular weight excluding hydrogens is 979 g/mol. The molecule has 18 nitrogen and oxygen atoms in total. The van der Waals surface area contributed by atoms with Crippen LogP contribution in [0.25, 0.3) is 0 Å². The lowest BCUT2D eigenvalue weighted by Gasteiger charge is -2.47. The van der Waals surface area contributed by atoms with Crippen molar-refractivity contribution in [1.29, 1.82) is 0 Å². The van der Waals surface area contributed by atoms with Crippen LogP contribution in [0.3, 0.4) is 0 Å². The number of benzene rings is 1. The number of fused-ring (bicyclic) bond motifs is 3. The van der Waals surface area contributed by atoms with Crippen LogP contribution in [0.1, 0.15) is 161 Å². The molecule has 0 radical (unpaired) electrons. The van der Waals surface area contributed by atoms with Crippen LogP contribution in [-0.4, -0.2) is 133 Å². The van der Waals surface area contributed by atoms with Gasteiger partial charge in [-0.1, -0.05) is 95.6 Å². The van der Waals surface area contributed by atoms with Crippen molar-refractivity contribution in [3.63, 3.8) is 0 Å². The maximum absolute atomic E-state index is 15.2. The van der Waals surface area contributed by atoms with Gasteiger partial charge >= 0.3 is 18.0 Å². The lowest BCUT2D eigenvalue weighted by molar-refractivity contribution is -0.164. The largest absolute Gasteiger partial charge is 0.497 e. The Kier molecular flexibility index (Phi) is 21.9. The van der Waals surface area contributed by atoms with Crippen molar-refractivity contribution in [3.05, 3.63) is 29.3 Å². The van der Waals surface area contributed by atoms with E-state index in [1.165, 1.54) is 30.8 Å². The number of methoxy groups -OCH3 is 1. The Morgan fingerprint density at radius 3 is 1.99 bits per heavy atom. The fourth-order valence-corrected chi connectivity index (χ4v) is 16.8. The molecule has 0 unspecified atom stereocenters. The van der Waals surface area contributed by atoms with E-state index in [1.807, 2.05) is 33.8 Å². The third kappa shape index (κ3) is 15.3. The number of alkyl carbamates (subject to hydrolysis) is 1. The molecule has 5 amide bonds. The van der Waals surface area contributed by atoms with E-state index >= 15 is 9.59 Å². The Morgan fingerprint density at radius 2 is 1.44 bits per heavy atom. The van der Waals surface area contributed by atoms with Gasteiger partial charge in [-0.3, -0.25) is 28.8 Å². The van der Waals surface area contributed by atoms with E-state index < -0.39 is 128 Å². The molecule has 19 heteroatoms. The molecule has 422 valence electrons. The molecule has 3 heterocycles. The summed E-state index contributed by atoms with van der Waals surface area (Å²) in [6.45, 7) is 31.6. The number of esters is 2. The number of Topliss-reactive ketones (excluding diaryl/α,β-unsaturated/α-hetero) is 1. The normalized spacial score (nSPS) is 26.9. The Bertz CT molecular complexity index is 2190. The molecule has 0 spiro atoms. The number of ether oxygens (including phenoxy) is 4. The summed E-state index contributed by atoms with van der Waals surface area (Å²) in [5.41, 5.74) is 0.590. The van der Waals surface area contributed by atoms with Crippen LogP contribution in [0.5, 0.6) is 5.75 Å². The summed E-state index contributed by atoms with van der Waals surface area (Å²) in [5, 5.41) is 8.63. The standard InChI is InChI=1S/C56H91N5O13Si/c1-19-35(12)46-44(74-75(32(6)7,33(8)9)34(10)11)28-45(62)72-49(31(4)5)48(63)36(13)50(64)57-41(25-30(2)3)52(66)60-24-20-21-42(60)53(67)61-29-39-26-40(70-18)23-22-38(39)27-43(61)54(68)71-37(14)47(51(65)58-46)59-55(69)73-56(15,16)17/h22-23,26,30-37,41-44,46-47,49H,19-21,24-25,27-29H2,1-18H3,(H,57,64)(H,58,65)(H,59,69)/t35-,36-,37+,41-,42-,43+,44+,46+,47-,49-/m0/s1. The zero-order valence-corrected chi connectivity index (χ0v) is 49.3. The van der Waals surface area contributed by atoms with Crippen LogP contribution in [0.4, 0.5) is 4.79 Å². The minimum absolute atomic E-state index is 0.0152. The van der Waals surface area contributed by atoms with Crippen LogP contribution >= 0.6 is 0 Å². The number of hydrogen-bond donors (Lipinski definition) is 3. The third-order valence-corrected chi connectivity index (χ3v) is 21.5. The Morgan fingerprint density at radius 1 is 0.813 bits per heavy atom. The average molecular weight is 1070 g/mol. The van der Waals surface area contributed by atoms with Gasteiger partial charge in [0.05, 0.1) is 31.6 Å². The zero-order valence-electron chi connectivity index (χ0n) is 48.3. The first-order chi connectivity index (χ1) is 34.9. The van der Waals surface area contributed by atoms with Crippen molar-refractivity contribution >= 4 is 55.8 Å². The van der Waals surface area contributed by atoms with Crippen LogP contribution in [0, 0.1) is 23.7 Å². The first kappa shape index (κ1) is 62.5. The molecule has 3 aliphatic rings. The molecule has 4 rings (SSSR count). The molecule has 1 aromatic rings. The van der Waals surface area contributed by atoms with E-state index in [0.717, 1.165) is 11.1 Å². The molecule has 2 fully saturated rings. The molecule has 3 aliphatic heterocycles. The van der Waals surface area contributed by atoms with Crippen LogP contribution in [0.15, 0.2) is 18.2 Å². The van der Waals surface area contributed by atoms with Crippen molar-refractivity contribution in [1.82, 2.24) is 25.8 Å². The highest BCUT2D eigenvalue weighted by Crippen LogP contribution is 2.44. The summed E-state index contributed by atoms with van der Waals surface area (Å²) >= 11 is 0. The molecule has 3 N–H and O–H groups in total. The number of carbonyl (C=O) groups excluding carboxylic acids is 8. The predicted octanol–water partition coefficient (Wildman–Crippen LogP) is 7.56. The first-order valence-corrected chi connectivity index (χ1v) is 29.5. The highest BCUT2D eigenvalue weighted by Gasteiger charge is 2.50. The molecule has 0 aromatic heterocycles. The predicted molar refractivity (Wildman–Crippen MR) is 287 cm³/mol. The second kappa shape index (κ2) is 26.3. The number of hydrogen-bond acceptors (Lipinski definition) is 13. The number of rotatable bonds is 12. The summed E-state index contributed by atoms with van der Waals surface area (Å²) < 4.78 is 30.9. The number of nitrogens with one attached hydrogen (secondary N) is 3. The lowest BCUT2D eigenvalue weighted by atomic mass is 9.91. The molecule has 2 saturated heterocycles. The van der Waals surface area contributed by atoms with Crippen LogP contribution in [-0.2, 0) is 65.2 Å². The van der Waals surface area contributed by atoms with Gasteiger partial charge in [0.15, 0.2) is 11.9 Å². The summed E-state index contributed by atoms with van der Waals surface area (Å²) in [6, 6.07) is -0.522. The lowest BCUT2D eigenvalue weighted by Crippen LogP contribution is -2.62. The van der Waals surface area contributed by atoms with Crippen LogP contribution in [0.2, 0.25) is 16.6 Å². The van der Waals surface area contributed by atoms with Crippen molar-refractivity contribution in [2.75, 3.05) is 13.7 Å². The summed E-state index contributed by atoms with van der Waals surface area (Å²) in [6.07, 6.45) is -3.71. The maximum Gasteiger partial charge on any atom is 0.408 e. The number of carbonyl (C=O) groups is 8. The van der Waals surface area contributed by atoms with Gasteiger partial charge in [0.1, 0.15) is 41.6 Å². The average Bonchev–Trinajstić information content (AvgIpc) is 3.82. The van der Waals surface area contributed by atoms with Gasteiger partial charge in [-0.15, -0.1) is 0 Å². The quantitative estimate of drug-likeness (QED) is 0.0796. The van der Waals surface area contributed by atoms with Gasteiger partial charge in [0.2, 0.25) is 31.9 Å². The fourth-order valence-electron chi connectivity index (χ4n) is 11.2. The van der Waals surface area contributed by atoms with Gasteiger partial charge in [-0.2, -0.15) is 0 Å². The molecule has 1 aromatic carbocycles. The van der Waals surface area contributed by atoms with E-state index in [2.05, 4.69) is 57.5 Å². The summed E-state index contributed by atoms with van der Waals surface area (Å²) in [7, 11) is -1.36. The van der Waals surface area contributed by atoms with Gasteiger partial charge < -0.3 is 49.1 Å². The minimum Gasteiger partial charge on any atom is -0.497 e. The molecule has 0 aliphatic carbocycles. The van der Waals surface area contributed by atoms with Crippen molar-refractivity contribution < 1.29 is 61.7 Å². The monoisotopic (exact) mass is 1070 g/mol. The van der Waals surface area contributed by atoms with Gasteiger partial charge in [-0.25, -0.2) is 9.59 Å². The Balaban J connectivity index is 1.98. The molecular formula is C56H91N5O13Si. The Hall–Kier alpha value is -5.04. The van der Waals surface area contributed by atoms with Gasteiger partial charge in [-0.05, 0) is 112 Å². The van der Waals surface area contributed by atoms with E-state index in [1.54, 1.807) is 46.8 Å². The van der Waals surface area contributed by atoms with Crippen molar-refractivity contribution in [2.45, 2.75) is 234 Å². The molecule has 10 atom stereocenters. The zero-order chi connectivity index (χ0) is 56.6. The molecule has 0 bridgehead atoms. The SMILES string of the molecule is CC[C@H](C)[C@H]1NC(=O)[C@@H](NC(=O)OC(C)(C)C)[C@@H](C)OC(=O)[C@H]2Cc3ccc(OC)cc3CN2C(=O)[C@@H]2CCCN2C(=O)[C@H](CC(C)C)NC(=O)[C@@H](C)C(=O)[C@H](C(C)C)OC(=O)C[C@H]1O[Si](C(C)C)(C(C)C)C(C)C. The van der Waals surface area contributed by atoms with E-state index in [-0.39, 0.29) is 60.8 Å². The number of nitrogens with zero attached hydrogens (tertiary/aromatic N) is 2. The van der Waals surface area contributed by atoms with E-state index in [0.29, 0.717) is 18.6 Å². The molecule has 75 heavy (non-hydrogen) atoms. The fraction of sp³-hybridized carbons (Fsp3) is 0.750. The van der Waals surface area contributed by atoms with Crippen molar-refractivity contribution in [2.24, 2.45) is 23.7 Å². The third-order valence-electron chi connectivity index (χ3n) is 15.3. The van der Waals surface area contributed by atoms with Gasteiger partial charge in [0.25, 0.3) is 0 Å². The second-order valence-electron chi connectivity index (χ2n) is 23.8. The highest BCUT2D eigenvalue weighted by molar-refractivity contribution is 6.77. The summed E-state index contributed by atoms with van der Waals surface area (Å²) in [4.78, 5) is 120. The smallest absolute Gasteiger partial charge is 0.408 e. The van der Waals surface area contributed by atoms with E-state index in [9.17, 15) is 28.8 Å². The van der Waals surface area contributed by atoms with Crippen molar-refractivity contribution in [3.8, 4) is 5.75 Å². The number of ketones is 1. The molecule has 0 saturated carbocycles. The maximum atomic E-state index is 15.2.